The summed E-state index contributed by atoms with van der Waals surface area (Å²) in [6, 6.07) is 4.44. The van der Waals surface area contributed by atoms with Crippen molar-refractivity contribution >= 4 is 0 Å². The fraction of sp³-hybridized carbons (Fsp3) is 0.500. The van der Waals surface area contributed by atoms with E-state index >= 15 is 0 Å². The van der Waals surface area contributed by atoms with Gasteiger partial charge >= 0.3 is 0 Å². The van der Waals surface area contributed by atoms with Gasteiger partial charge in [-0.15, -0.1) is 5.10 Å². The van der Waals surface area contributed by atoms with Crippen LogP contribution in [0.4, 0.5) is 0 Å². The number of nitrogens with zero attached hydrogens (tertiary/aromatic N) is 5. The fourth-order valence-electron chi connectivity index (χ4n) is 3.13. The minimum atomic E-state index is 0.276. The van der Waals surface area contributed by atoms with E-state index in [9.17, 15) is 0 Å². The second-order valence-corrected chi connectivity index (χ2v) is 5.47. The average molecular weight is 271 g/mol. The van der Waals surface area contributed by atoms with Gasteiger partial charge in [-0.25, -0.2) is 4.68 Å². The summed E-state index contributed by atoms with van der Waals surface area (Å²) in [7, 11) is 0. The summed E-state index contributed by atoms with van der Waals surface area (Å²) in [5.41, 5.74) is 2.38. The summed E-state index contributed by atoms with van der Waals surface area (Å²) in [5, 5.41) is 8.24. The minimum absolute atomic E-state index is 0.276. The molecule has 2 aromatic rings. The molecule has 0 unspecified atom stereocenters. The third kappa shape index (κ3) is 2.10. The number of likely N-dealkylation sites (tertiary alicyclic amines) is 1. The lowest BCUT2D eigenvalue weighted by Gasteiger charge is -2.41. The molecule has 0 saturated carbocycles. The van der Waals surface area contributed by atoms with E-state index in [2.05, 4.69) is 32.3 Å². The molecule has 4 heterocycles. The van der Waals surface area contributed by atoms with Crippen molar-refractivity contribution in [3.63, 3.8) is 0 Å². The quantitative estimate of drug-likeness (QED) is 0.816. The third-order valence-corrected chi connectivity index (χ3v) is 4.17. The number of hydrogen-bond acceptors (Lipinski definition) is 5. The lowest BCUT2D eigenvalue weighted by Crippen LogP contribution is -2.47. The minimum Gasteiger partial charge on any atom is -0.370 e. The van der Waals surface area contributed by atoms with Gasteiger partial charge in [-0.2, -0.15) is 0 Å². The number of aromatic nitrogens is 4. The van der Waals surface area contributed by atoms with Crippen LogP contribution in [0.25, 0.3) is 0 Å². The van der Waals surface area contributed by atoms with Gasteiger partial charge in [-0.05, 0) is 24.1 Å². The highest BCUT2D eigenvalue weighted by atomic mass is 16.5. The highest BCUT2D eigenvalue weighted by Crippen LogP contribution is 2.30. The van der Waals surface area contributed by atoms with Gasteiger partial charge in [-0.3, -0.25) is 9.88 Å². The van der Waals surface area contributed by atoms with E-state index in [1.807, 2.05) is 17.1 Å². The average Bonchev–Trinajstić information content (AvgIpc) is 2.97. The van der Waals surface area contributed by atoms with Crippen LogP contribution in [0.1, 0.15) is 23.7 Å². The molecule has 1 saturated heterocycles. The van der Waals surface area contributed by atoms with Crippen molar-refractivity contribution in [3.8, 4) is 0 Å². The largest absolute Gasteiger partial charge is 0.370 e. The number of piperidine rings is 1. The van der Waals surface area contributed by atoms with E-state index < -0.39 is 0 Å². The zero-order valence-electron chi connectivity index (χ0n) is 11.2. The van der Waals surface area contributed by atoms with Crippen molar-refractivity contribution in [2.24, 2.45) is 0 Å². The lowest BCUT2D eigenvalue weighted by atomic mass is 10.00. The molecule has 0 bridgehead atoms. The lowest BCUT2D eigenvalue weighted by molar-refractivity contribution is -0.0669. The van der Waals surface area contributed by atoms with Crippen LogP contribution < -0.4 is 0 Å². The van der Waals surface area contributed by atoms with Gasteiger partial charge in [-0.1, -0.05) is 5.21 Å². The van der Waals surface area contributed by atoms with Crippen LogP contribution in [0.5, 0.6) is 0 Å². The maximum Gasteiger partial charge on any atom is 0.0930 e. The Hall–Kier alpha value is -1.79. The summed E-state index contributed by atoms with van der Waals surface area (Å²) < 4.78 is 7.98. The zero-order valence-corrected chi connectivity index (χ0v) is 11.2. The van der Waals surface area contributed by atoms with Crippen LogP contribution in [0.2, 0.25) is 0 Å². The molecule has 20 heavy (non-hydrogen) atoms. The molecule has 0 aromatic carbocycles. The first-order valence-electron chi connectivity index (χ1n) is 7.02. The van der Waals surface area contributed by atoms with Crippen molar-refractivity contribution in [2.75, 3.05) is 13.1 Å². The summed E-state index contributed by atoms with van der Waals surface area (Å²) in [5.74, 6) is 0. The summed E-state index contributed by atoms with van der Waals surface area (Å²) in [6.45, 7) is 3.62. The molecule has 4 rings (SSSR count). The van der Waals surface area contributed by atoms with Crippen LogP contribution in [-0.2, 0) is 17.9 Å². The number of rotatable bonds is 2. The first kappa shape index (κ1) is 12.0. The van der Waals surface area contributed by atoms with E-state index in [1.165, 1.54) is 5.56 Å². The van der Waals surface area contributed by atoms with E-state index in [-0.39, 0.29) is 12.1 Å². The topological polar surface area (TPSA) is 56.1 Å². The normalized spacial score (nSPS) is 26.0. The predicted molar refractivity (Wildman–Crippen MR) is 71.8 cm³/mol. The molecule has 0 spiro atoms. The molecule has 0 N–H and O–H groups in total. The van der Waals surface area contributed by atoms with Crippen molar-refractivity contribution in [1.82, 2.24) is 24.9 Å². The number of hydrogen-bond donors (Lipinski definition) is 0. The van der Waals surface area contributed by atoms with Gasteiger partial charge in [0.15, 0.2) is 0 Å². The number of ether oxygens (including phenoxy) is 1. The second-order valence-electron chi connectivity index (χ2n) is 5.47. The predicted octanol–water partition coefficient (Wildman–Crippen LogP) is 1.02. The van der Waals surface area contributed by atoms with Gasteiger partial charge in [0, 0.05) is 32.0 Å². The molecular formula is C14H17N5O. The molecule has 0 radical (unpaired) electrons. The maximum atomic E-state index is 5.93. The second kappa shape index (κ2) is 4.96. The molecule has 6 nitrogen and oxygen atoms in total. The first-order valence-corrected chi connectivity index (χ1v) is 7.02. The van der Waals surface area contributed by atoms with Gasteiger partial charge < -0.3 is 4.74 Å². The Labute approximate surface area is 117 Å². The van der Waals surface area contributed by atoms with Gasteiger partial charge in [0.1, 0.15) is 0 Å². The molecule has 6 heteroatoms. The smallest absolute Gasteiger partial charge is 0.0930 e. The number of pyridine rings is 1. The molecule has 1 fully saturated rings. The molecule has 2 atom stereocenters. The molecule has 0 amide bonds. The Balaban J connectivity index is 1.51. The van der Waals surface area contributed by atoms with Gasteiger partial charge in [0.2, 0.25) is 0 Å². The fourth-order valence-corrected chi connectivity index (χ4v) is 3.13. The molecule has 2 aliphatic rings. The Morgan fingerprint density at radius 1 is 1.30 bits per heavy atom. The van der Waals surface area contributed by atoms with E-state index in [4.69, 9.17) is 4.74 Å². The maximum absolute atomic E-state index is 5.93. The van der Waals surface area contributed by atoms with Crippen molar-refractivity contribution in [2.45, 2.75) is 31.7 Å². The highest BCUT2D eigenvalue weighted by molar-refractivity contribution is 5.10. The highest BCUT2D eigenvalue weighted by Gasteiger charge is 2.36. The molecule has 2 aliphatic heterocycles. The van der Waals surface area contributed by atoms with Crippen LogP contribution in [0.3, 0.4) is 0 Å². The molecular weight excluding hydrogens is 254 g/mol. The standard InChI is InChI=1S/C14H17N5O/c1-4-15-5-2-11(1)8-18-6-3-14-13(9-18)19-12(10-20-14)7-16-17-19/h1-2,4-5,7,13-14H,3,6,8-10H2/t13-,14-/m1/s1. The Morgan fingerprint density at radius 2 is 2.20 bits per heavy atom. The summed E-state index contributed by atoms with van der Waals surface area (Å²) in [4.78, 5) is 6.52. The SMILES string of the molecule is c1cc(CN2CC[C@H]3OCc4cnnn4[C@@H]3C2)ccn1. The Bertz CT molecular complexity index is 584. The van der Waals surface area contributed by atoms with E-state index in [0.717, 1.165) is 31.7 Å². The third-order valence-electron chi connectivity index (χ3n) is 4.17. The zero-order chi connectivity index (χ0) is 13.4. The summed E-state index contributed by atoms with van der Waals surface area (Å²) in [6.07, 6.45) is 6.83. The van der Waals surface area contributed by atoms with Crippen LogP contribution in [0.15, 0.2) is 30.7 Å². The van der Waals surface area contributed by atoms with Crippen molar-refractivity contribution in [1.29, 1.82) is 0 Å². The van der Waals surface area contributed by atoms with Crippen LogP contribution >= 0.6 is 0 Å². The number of fused-ring (bicyclic) bond motifs is 3. The first-order chi connectivity index (χ1) is 9.90. The van der Waals surface area contributed by atoms with Crippen molar-refractivity contribution in [3.05, 3.63) is 42.0 Å². The Kier molecular flexibility index (Phi) is 2.97. The van der Waals surface area contributed by atoms with E-state index in [0.29, 0.717) is 6.61 Å². The summed E-state index contributed by atoms with van der Waals surface area (Å²) >= 11 is 0. The molecule has 2 aromatic heterocycles. The Morgan fingerprint density at radius 3 is 3.10 bits per heavy atom. The van der Waals surface area contributed by atoms with Gasteiger partial charge in [0.25, 0.3) is 0 Å². The monoisotopic (exact) mass is 271 g/mol. The van der Waals surface area contributed by atoms with Gasteiger partial charge in [0.05, 0.1) is 30.6 Å². The van der Waals surface area contributed by atoms with Crippen molar-refractivity contribution < 1.29 is 4.74 Å². The van der Waals surface area contributed by atoms with E-state index in [1.54, 1.807) is 6.20 Å². The van der Waals surface area contributed by atoms with Crippen LogP contribution in [-0.4, -0.2) is 44.1 Å². The molecule has 104 valence electrons. The van der Waals surface area contributed by atoms with Crippen LogP contribution in [0, 0.1) is 0 Å². The molecule has 0 aliphatic carbocycles.